The fourth-order valence-corrected chi connectivity index (χ4v) is 2.58. The maximum Gasteiger partial charge on any atom is 0.308 e. The van der Waals surface area contributed by atoms with Crippen molar-refractivity contribution in [1.29, 1.82) is 0 Å². The molecular formula is C15H16BrNO3. The summed E-state index contributed by atoms with van der Waals surface area (Å²) in [4.78, 5) is 24.7. The molecule has 1 amide bonds. The Morgan fingerprint density at radius 1 is 1.30 bits per heavy atom. The first-order valence-corrected chi connectivity index (χ1v) is 7.22. The Morgan fingerprint density at radius 2 is 1.95 bits per heavy atom. The van der Waals surface area contributed by atoms with Crippen molar-refractivity contribution < 1.29 is 14.7 Å². The van der Waals surface area contributed by atoms with Crippen molar-refractivity contribution in [3.05, 3.63) is 40.4 Å². The molecule has 5 heteroatoms. The number of hydrogen-bond donors (Lipinski definition) is 1. The van der Waals surface area contributed by atoms with Crippen molar-refractivity contribution in [3.63, 3.8) is 0 Å². The van der Waals surface area contributed by atoms with Crippen molar-refractivity contribution in [1.82, 2.24) is 4.90 Å². The lowest BCUT2D eigenvalue weighted by atomic mass is 9.99. The lowest BCUT2D eigenvalue weighted by Gasteiger charge is -2.12. The van der Waals surface area contributed by atoms with Gasteiger partial charge in [0.15, 0.2) is 0 Å². The highest BCUT2D eigenvalue weighted by Gasteiger charge is 2.36. The number of likely N-dealkylation sites (tertiary alicyclic amines) is 1. The monoisotopic (exact) mass is 337 g/mol. The molecule has 4 nitrogen and oxygen atoms in total. The van der Waals surface area contributed by atoms with Gasteiger partial charge < -0.3 is 10.0 Å². The zero-order valence-corrected chi connectivity index (χ0v) is 12.7. The van der Waals surface area contributed by atoms with Crippen LogP contribution in [-0.2, 0) is 9.59 Å². The maximum absolute atomic E-state index is 12.0. The molecule has 1 N–H and O–H groups in total. The first kappa shape index (κ1) is 14.8. The first-order chi connectivity index (χ1) is 9.47. The van der Waals surface area contributed by atoms with Crippen LogP contribution in [0, 0.1) is 11.8 Å². The molecule has 0 radical (unpaired) electrons. The standard InChI is InChI=1S/C15H16BrNO3/c1-10-8-17(9-13(10)15(19)20)14(18)7-4-11-2-5-12(16)6-3-11/h2-7,10,13H,8-9H2,1H3,(H,19,20). The van der Waals surface area contributed by atoms with E-state index in [0.717, 1.165) is 10.0 Å². The van der Waals surface area contributed by atoms with Crippen LogP contribution < -0.4 is 0 Å². The summed E-state index contributed by atoms with van der Waals surface area (Å²) in [5, 5.41) is 9.06. The Hall–Kier alpha value is -1.62. The lowest BCUT2D eigenvalue weighted by Crippen LogP contribution is -2.28. The first-order valence-electron chi connectivity index (χ1n) is 6.42. The number of hydrogen-bond acceptors (Lipinski definition) is 2. The summed E-state index contributed by atoms with van der Waals surface area (Å²) < 4.78 is 0.985. The van der Waals surface area contributed by atoms with Gasteiger partial charge in [-0.1, -0.05) is 35.0 Å². The van der Waals surface area contributed by atoms with Gasteiger partial charge in [-0.3, -0.25) is 9.59 Å². The summed E-state index contributed by atoms with van der Waals surface area (Å²) in [7, 11) is 0. The molecule has 0 spiro atoms. The third-order valence-electron chi connectivity index (χ3n) is 3.53. The third kappa shape index (κ3) is 3.48. The van der Waals surface area contributed by atoms with Gasteiger partial charge in [0.05, 0.1) is 5.92 Å². The summed E-state index contributed by atoms with van der Waals surface area (Å²) in [6.45, 7) is 2.66. The molecule has 2 atom stereocenters. The average molecular weight is 338 g/mol. The van der Waals surface area contributed by atoms with E-state index in [1.54, 1.807) is 11.0 Å². The predicted octanol–water partition coefficient (Wildman–Crippen LogP) is 2.64. The van der Waals surface area contributed by atoms with Crippen LogP contribution in [0.4, 0.5) is 0 Å². The van der Waals surface area contributed by atoms with Crippen LogP contribution in [0.5, 0.6) is 0 Å². The summed E-state index contributed by atoms with van der Waals surface area (Å²) in [5.74, 6) is -1.43. The van der Waals surface area contributed by atoms with Gasteiger partial charge in [0.25, 0.3) is 0 Å². The van der Waals surface area contributed by atoms with Crippen LogP contribution in [-0.4, -0.2) is 35.0 Å². The number of nitrogens with zero attached hydrogens (tertiary/aromatic N) is 1. The molecule has 0 aliphatic carbocycles. The van der Waals surface area contributed by atoms with Gasteiger partial charge in [-0.15, -0.1) is 0 Å². The number of rotatable bonds is 3. The predicted molar refractivity (Wildman–Crippen MR) is 80.0 cm³/mol. The maximum atomic E-state index is 12.0. The SMILES string of the molecule is CC1CN(C(=O)C=Cc2ccc(Br)cc2)CC1C(=O)O. The van der Waals surface area contributed by atoms with Gasteiger partial charge >= 0.3 is 5.97 Å². The fourth-order valence-electron chi connectivity index (χ4n) is 2.32. The molecule has 1 heterocycles. The summed E-state index contributed by atoms with van der Waals surface area (Å²) in [6, 6.07) is 7.62. The van der Waals surface area contributed by atoms with Crippen LogP contribution in [0.2, 0.25) is 0 Å². The van der Waals surface area contributed by atoms with E-state index in [1.807, 2.05) is 31.2 Å². The fraction of sp³-hybridized carbons (Fsp3) is 0.333. The van der Waals surface area contributed by atoms with E-state index in [-0.39, 0.29) is 11.8 Å². The quantitative estimate of drug-likeness (QED) is 0.862. The molecule has 0 aromatic heterocycles. The van der Waals surface area contributed by atoms with Gasteiger partial charge in [-0.25, -0.2) is 0 Å². The van der Waals surface area contributed by atoms with Crippen LogP contribution in [0.25, 0.3) is 6.08 Å². The molecule has 1 saturated heterocycles. The average Bonchev–Trinajstić information content (AvgIpc) is 2.80. The number of carbonyl (C=O) groups is 2. The number of carboxylic acid groups (broad SMARTS) is 1. The van der Waals surface area contributed by atoms with E-state index in [0.29, 0.717) is 13.1 Å². The Labute approximate surface area is 126 Å². The molecule has 0 saturated carbocycles. The highest BCUT2D eigenvalue weighted by atomic mass is 79.9. The molecule has 2 unspecified atom stereocenters. The number of carbonyl (C=O) groups excluding carboxylic acids is 1. The number of halogens is 1. The number of carboxylic acids is 1. The topological polar surface area (TPSA) is 57.6 Å². The molecule has 1 aromatic rings. The Morgan fingerprint density at radius 3 is 2.50 bits per heavy atom. The van der Waals surface area contributed by atoms with Gasteiger partial charge in [0.2, 0.25) is 5.91 Å². The zero-order valence-electron chi connectivity index (χ0n) is 11.1. The molecule has 1 aliphatic heterocycles. The van der Waals surface area contributed by atoms with Gasteiger partial charge in [0, 0.05) is 23.6 Å². The lowest BCUT2D eigenvalue weighted by molar-refractivity contribution is -0.142. The van der Waals surface area contributed by atoms with E-state index in [1.165, 1.54) is 6.08 Å². The van der Waals surface area contributed by atoms with Crippen LogP contribution >= 0.6 is 15.9 Å². The zero-order chi connectivity index (χ0) is 14.7. The van der Waals surface area contributed by atoms with E-state index in [9.17, 15) is 9.59 Å². The molecule has 1 aromatic carbocycles. The summed E-state index contributed by atoms with van der Waals surface area (Å²) in [5.41, 5.74) is 0.934. The van der Waals surface area contributed by atoms with E-state index < -0.39 is 11.9 Å². The minimum atomic E-state index is -0.829. The second-order valence-corrected chi connectivity index (χ2v) is 5.97. The number of aliphatic carboxylic acids is 1. The molecular weight excluding hydrogens is 322 g/mol. The molecule has 0 bridgehead atoms. The Kier molecular flexibility index (Phi) is 4.60. The van der Waals surface area contributed by atoms with Crippen LogP contribution in [0.3, 0.4) is 0 Å². The van der Waals surface area contributed by atoms with Gasteiger partial charge in [-0.05, 0) is 29.7 Å². The van der Waals surface area contributed by atoms with Gasteiger partial charge in [-0.2, -0.15) is 0 Å². The molecule has 1 aliphatic rings. The molecule has 20 heavy (non-hydrogen) atoms. The van der Waals surface area contributed by atoms with Crippen LogP contribution in [0.1, 0.15) is 12.5 Å². The van der Waals surface area contributed by atoms with E-state index >= 15 is 0 Å². The summed E-state index contributed by atoms with van der Waals surface area (Å²) in [6.07, 6.45) is 3.24. The van der Waals surface area contributed by atoms with Crippen molar-refractivity contribution in [3.8, 4) is 0 Å². The highest BCUT2D eigenvalue weighted by molar-refractivity contribution is 9.10. The second-order valence-electron chi connectivity index (χ2n) is 5.05. The highest BCUT2D eigenvalue weighted by Crippen LogP contribution is 2.23. The Balaban J connectivity index is 1.99. The molecule has 1 fully saturated rings. The van der Waals surface area contributed by atoms with Crippen molar-refractivity contribution in [2.45, 2.75) is 6.92 Å². The second kappa shape index (κ2) is 6.22. The molecule has 106 valence electrons. The molecule has 2 rings (SSSR count). The normalized spacial score (nSPS) is 22.4. The largest absolute Gasteiger partial charge is 0.481 e. The van der Waals surface area contributed by atoms with E-state index in [4.69, 9.17) is 5.11 Å². The van der Waals surface area contributed by atoms with Crippen molar-refractivity contribution in [2.24, 2.45) is 11.8 Å². The van der Waals surface area contributed by atoms with Gasteiger partial charge in [0.1, 0.15) is 0 Å². The smallest absolute Gasteiger partial charge is 0.308 e. The van der Waals surface area contributed by atoms with Crippen molar-refractivity contribution >= 4 is 33.9 Å². The van der Waals surface area contributed by atoms with Crippen molar-refractivity contribution in [2.75, 3.05) is 13.1 Å². The van der Waals surface area contributed by atoms with Crippen LogP contribution in [0.15, 0.2) is 34.8 Å². The van der Waals surface area contributed by atoms with E-state index in [2.05, 4.69) is 15.9 Å². The number of benzene rings is 1. The Bertz CT molecular complexity index is 539. The third-order valence-corrected chi connectivity index (χ3v) is 4.06. The number of amides is 1. The summed E-state index contributed by atoms with van der Waals surface area (Å²) >= 11 is 3.35. The minimum Gasteiger partial charge on any atom is -0.481 e. The minimum absolute atomic E-state index is 0.00229.